The highest BCUT2D eigenvalue weighted by Crippen LogP contribution is 2.34. The number of aromatic amines is 1. The minimum absolute atomic E-state index is 0.349. The Balaban J connectivity index is 2.10. The van der Waals surface area contributed by atoms with Gasteiger partial charge in [0, 0.05) is 17.7 Å². The van der Waals surface area contributed by atoms with Gasteiger partial charge in [-0.1, -0.05) is 12.1 Å². The second-order valence-corrected chi connectivity index (χ2v) is 4.89. The summed E-state index contributed by atoms with van der Waals surface area (Å²) in [5.74, 6) is 1.36. The molecule has 4 nitrogen and oxygen atoms in total. The van der Waals surface area contributed by atoms with Crippen molar-refractivity contribution < 1.29 is 22.6 Å². The van der Waals surface area contributed by atoms with Gasteiger partial charge in [-0.15, -0.1) is 0 Å². The van der Waals surface area contributed by atoms with Gasteiger partial charge in [0.2, 0.25) is 0 Å². The Bertz CT molecular complexity index is 815. The zero-order valence-electron chi connectivity index (χ0n) is 12.4. The van der Waals surface area contributed by atoms with Crippen LogP contribution in [-0.2, 0) is 6.18 Å². The van der Waals surface area contributed by atoms with Crippen LogP contribution in [0.25, 0.3) is 22.4 Å². The highest BCUT2D eigenvalue weighted by atomic mass is 19.4. The summed E-state index contributed by atoms with van der Waals surface area (Å²) in [5, 5.41) is 0. The molecule has 0 unspecified atom stereocenters. The number of fused-ring (bicyclic) bond motifs is 1. The first-order chi connectivity index (χ1) is 10.9. The zero-order valence-corrected chi connectivity index (χ0v) is 12.4. The van der Waals surface area contributed by atoms with Crippen molar-refractivity contribution in [2.45, 2.75) is 6.18 Å². The zero-order chi connectivity index (χ0) is 16.6. The van der Waals surface area contributed by atoms with Crippen LogP contribution in [0.15, 0.2) is 36.4 Å². The number of alkyl halides is 3. The number of nitrogens with zero attached hydrogens (tertiary/aromatic N) is 1. The molecule has 1 N–H and O–H groups in total. The van der Waals surface area contributed by atoms with Crippen LogP contribution in [-0.4, -0.2) is 24.2 Å². The number of halogens is 3. The number of H-pyrrole nitrogens is 1. The van der Waals surface area contributed by atoms with Gasteiger partial charge in [0.05, 0.1) is 30.8 Å². The van der Waals surface area contributed by atoms with Gasteiger partial charge in [-0.25, -0.2) is 4.98 Å². The summed E-state index contributed by atoms with van der Waals surface area (Å²) in [5.41, 5.74) is 0.865. The number of hydrogen-bond acceptors (Lipinski definition) is 3. The van der Waals surface area contributed by atoms with Gasteiger partial charge >= 0.3 is 6.18 Å². The summed E-state index contributed by atoms with van der Waals surface area (Å²) in [7, 11) is 3.01. The van der Waals surface area contributed by atoms with Crippen molar-refractivity contribution in [3.05, 3.63) is 42.0 Å². The second-order valence-electron chi connectivity index (χ2n) is 4.89. The van der Waals surface area contributed by atoms with E-state index in [0.717, 1.165) is 12.1 Å². The molecule has 23 heavy (non-hydrogen) atoms. The highest BCUT2D eigenvalue weighted by Gasteiger charge is 2.30. The Kier molecular flexibility index (Phi) is 3.63. The number of nitrogens with one attached hydrogen (secondary N) is 1. The van der Waals surface area contributed by atoms with Gasteiger partial charge in [-0.2, -0.15) is 13.2 Å². The molecule has 0 aliphatic rings. The molecule has 0 saturated carbocycles. The maximum atomic E-state index is 12.8. The largest absolute Gasteiger partial charge is 0.493 e. The first-order valence-electron chi connectivity index (χ1n) is 6.71. The molecule has 0 atom stereocenters. The van der Waals surface area contributed by atoms with E-state index in [9.17, 15) is 13.2 Å². The summed E-state index contributed by atoms with van der Waals surface area (Å²) in [6.45, 7) is 0. The lowest BCUT2D eigenvalue weighted by Gasteiger charge is -2.07. The number of hydrogen-bond donors (Lipinski definition) is 1. The molecule has 0 aliphatic carbocycles. The molecule has 0 fully saturated rings. The number of benzene rings is 2. The van der Waals surface area contributed by atoms with Crippen LogP contribution in [0.4, 0.5) is 13.2 Å². The molecule has 7 heteroatoms. The van der Waals surface area contributed by atoms with Gasteiger partial charge in [-0.3, -0.25) is 0 Å². The predicted molar refractivity (Wildman–Crippen MR) is 79.6 cm³/mol. The molecular weight excluding hydrogens is 309 g/mol. The van der Waals surface area contributed by atoms with Crippen molar-refractivity contribution >= 4 is 11.0 Å². The van der Waals surface area contributed by atoms with Gasteiger partial charge in [0.1, 0.15) is 5.82 Å². The Hall–Kier alpha value is -2.70. The molecule has 0 aliphatic heterocycles. The van der Waals surface area contributed by atoms with Gasteiger partial charge in [0.15, 0.2) is 11.5 Å². The SMILES string of the molecule is COc1cc2nc(-c3cccc(C(F)(F)F)c3)[nH]c2cc1OC. The number of imidazole rings is 1. The van der Waals surface area contributed by atoms with Crippen molar-refractivity contribution in [3.63, 3.8) is 0 Å². The standard InChI is InChI=1S/C16H13F3N2O2/c1-22-13-7-11-12(8-14(13)23-2)21-15(20-11)9-4-3-5-10(6-9)16(17,18)19/h3-8H,1-2H3,(H,20,21). The first-order valence-corrected chi connectivity index (χ1v) is 6.71. The summed E-state index contributed by atoms with van der Waals surface area (Å²) in [4.78, 5) is 7.33. The van der Waals surface area contributed by atoms with E-state index >= 15 is 0 Å². The Morgan fingerprint density at radius 1 is 1.00 bits per heavy atom. The van der Waals surface area contributed by atoms with Crippen molar-refractivity contribution in [1.29, 1.82) is 0 Å². The molecule has 3 rings (SSSR count). The highest BCUT2D eigenvalue weighted by molar-refractivity contribution is 5.83. The maximum absolute atomic E-state index is 12.8. The third-order valence-electron chi connectivity index (χ3n) is 3.45. The smallest absolute Gasteiger partial charge is 0.416 e. The lowest BCUT2D eigenvalue weighted by atomic mass is 10.1. The summed E-state index contributed by atoms with van der Waals surface area (Å²) >= 11 is 0. The fourth-order valence-electron chi connectivity index (χ4n) is 2.32. The number of methoxy groups -OCH3 is 2. The van der Waals surface area contributed by atoms with Gasteiger partial charge < -0.3 is 14.5 Å². The molecule has 2 aromatic carbocycles. The average Bonchev–Trinajstić information content (AvgIpc) is 2.95. The molecule has 0 radical (unpaired) electrons. The molecule has 0 amide bonds. The lowest BCUT2D eigenvalue weighted by molar-refractivity contribution is -0.137. The van der Waals surface area contributed by atoms with Crippen LogP contribution in [0.5, 0.6) is 11.5 Å². The topological polar surface area (TPSA) is 47.1 Å². The molecule has 1 aromatic heterocycles. The average molecular weight is 322 g/mol. The van der Waals surface area contributed by atoms with Crippen LogP contribution < -0.4 is 9.47 Å². The fourth-order valence-corrected chi connectivity index (χ4v) is 2.32. The van der Waals surface area contributed by atoms with Crippen molar-refractivity contribution in [3.8, 4) is 22.9 Å². The van der Waals surface area contributed by atoms with E-state index in [0.29, 0.717) is 33.9 Å². The quantitative estimate of drug-likeness (QED) is 0.783. The van der Waals surface area contributed by atoms with Crippen LogP contribution in [0, 0.1) is 0 Å². The van der Waals surface area contributed by atoms with Crippen LogP contribution in [0.3, 0.4) is 0 Å². The minimum Gasteiger partial charge on any atom is -0.493 e. The monoisotopic (exact) mass is 322 g/mol. The number of aromatic nitrogens is 2. The van der Waals surface area contributed by atoms with E-state index in [4.69, 9.17) is 9.47 Å². The van der Waals surface area contributed by atoms with Crippen LogP contribution in [0.2, 0.25) is 0 Å². The summed E-state index contributed by atoms with van der Waals surface area (Å²) in [6.07, 6.45) is -4.39. The van der Waals surface area contributed by atoms with E-state index in [2.05, 4.69) is 9.97 Å². The van der Waals surface area contributed by atoms with Crippen molar-refractivity contribution in [2.24, 2.45) is 0 Å². The normalized spacial score (nSPS) is 11.7. The molecule has 0 spiro atoms. The molecule has 120 valence electrons. The van der Waals surface area contributed by atoms with E-state index in [1.165, 1.54) is 20.3 Å². The molecule has 1 heterocycles. The third-order valence-corrected chi connectivity index (χ3v) is 3.45. The van der Waals surface area contributed by atoms with E-state index in [-0.39, 0.29) is 0 Å². The molecule has 0 bridgehead atoms. The molecule has 3 aromatic rings. The van der Waals surface area contributed by atoms with Crippen LogP contribution >= 0.6 is 0 Å². The minimum atomic E-state index is -4.39. The van der Waals surface area contributed by atoms with Crippen molar-refractivity contribution in [2.75, 3.05) is 14.2 Å². The first kappa shape index (κ1) is 15.2. The van der Waals surface area contributed by atoms with Gasteiger partial charge in [-0.05, 0) is 12.1 Å². The predicted octanol–water partition coefficient (Wildman–Crippen LogP) is 4.27. The molecule has 0 saturated heterocycles. The Labute approximate surface area is 129 Å². The second kappa shape index (κ2) is 5.49. The van der Waals surface area contributed by atoms with Gasteiger partial charge in [0.25, 0.3) is 0 Å². The van der Waals surface area contributed by atoms with Crippen LogP contribution in [0.1, 0.15) is 5.56 Å². The van der Waals surface area contributed by atoms with Crippen molar-refractivity contribution in [1.82, 2.24) is 9.97 Å². The van der Waals surface area contributed by atoms with E-state index in [1.807, 2.05) is 0 Å². The number of rotatable bonds is 3. The summed E-state index contributed by atoms with van der Waals surface area (Å²) in [6, 6.07) is 8.37. The van der Waals surface area contributed by atoms with E-state index < -0.39 is 11.7 Å². The Morgan fingerprint density at radius 2 is 1.70 bits per heavy atom. The summed E-state index contributed by atoms with van der Waals surface area (Å²) < 4.78 is 48.9. The van der Waals surface area contributed by atoms with E-state index in [1.54, 1.807) is 18.2 Å². The Morgan fingerprint density at radius 3 is 2.35 bits per heavy atom. The fraction of sp³-hybridized carbons (Fsp3) is 0.188. The number of ether oxygens (including phenoxy) is 2. The maximum Gasteiger partial charge on any atom is 0.416 e. The molecular formula is C16H13F3N2O2. The third kappa shape index (κ3) is 2.81. The lowest BCUT2D eigenvalue weighted by Crippen LogP contribution is -2.04.